The molecule has 0 N–H and O–H groups in total. The highest BCUT2D eigenvalue weighted by Gasteiger charge is 2.48. The van der Waals surface area contributed by atoms with E-state index in [0.29, 0.717) is 19.5 Å². The number of pyridine rings is 1. The van der Waals surface area contributed by atoms with Crippen LogP contribution in [0.1, 0.15) is 37.0 Å². The van der Waals surface area contributed by atoms with Crippen LogP contribution < -0.4 is 4.90 Å². The van der Waals surface area contributed by atoms with Crippen LogP contribution in [-0.4, -0.2) is 40.5 Å². The number of carbonyl (C=O) groups is 1. The van der Waals surface area contributed by atoms with E-state index in [1.165, 1.54) is 17.0 Å². The summed E-state index contributed by atoms with van der Waals surface area (Å²) in [6.07, 6.45) is 3.24. The van der Waals surface area contributed by atoms with Crippen molar-refractivity contribution in [2.45, 2.75) is 38.3 Å². The Morgan fingerprint density at radius 3 is 2.39 bits per heavy atom. The van der Waals surface area contributed by atoms with Gasteiger partial charge in [-0.1, -0.05) is 0 Å². The summed E-state index contributed by atoms with van der Waals surface area (Å²) in [5.74, 6) is -2.61. The van der Waals surface area contributed by atoms with Gasteiger partial charge in [0.25, 0.3) is 5.91 Å². The standard InChI is InChI=1S/C21H22F3N3O/c1-21(2)9-13-12-26(20(28)19-16(23)10-25-11-17(19)24)8-7-18(13)27(21)15-5-3-14(22)4-6-15/h3-6,10-11,13,18H,7-9,12H2,1-2H3/t13-,18+/m1/s1. The number of fused-ring (bicyclic) bond motifs is 1. The Bertz CT molecular complexity index is 880. The molecule has 0 aliphatic carbocycles. The third kappa shape index (κ3) is 3.12. The van der Waals surface area contributed by atoms with Crippen molar-refractivity contribution in [2.24, 2.45) is 5.92 Å². The summed E-state index contributed by atoms with van der Waals surface area (Å²) >= 11 is 0. The second kappa shape index (κ2) is 6.79. The van der Waals surface area contributed by atoms with Crippen LogP contribution in [0.15, 0.2) is 36.7 Å². The summed E-state index contributed by atoms with van der Waals surface area (Å²) in [5, 5.41) is 0. The molecule has 148 valence electrons. The molecule has 1 amide bonds. The number of piperidine rings is 1. The van der Waals surface area contributed by atoms with E-state index in [2.05, 4.69) is 23.7 Å². The Hall–Kier alpha value is -2.57. The Balaban J connectivity index is 1.57. The first-order valence-electron chi connectivity index (χ1n) is 9.41. The lowest BCUT2D eigenvalue weighted by Gasteiger charge is -2.42. The Morgan fingerprint density at radius 2 is 1.75 bits per heavy atom. The molecule has 2 aliphatic heterocycles. The van der Waals surface area contributed by atoms with Crippen molar-refractivity contribution >= 4 is 11.6 Å². The van der Waals surface area contributed by atoms with Gasteiger partial charge in [0.1, 0.15) is 11.4 Å². The lowest BCUT2D eigenvalue weighted by Crippen LogP contribution is -2.50. The molecule has 4 rings (SSSR count). The molecule has 2 aromatic rings. The van der Waals surface area contributed by atoms with Gasteiger partial charge in [0.2, 0.25) is 0 Å². The highest BCUT2D eigenvalue weighted by molar-refractivity contribution is 5.94. The minimum atomic E-state index is -0.938. The third-order valence-corrected chi connectivity index (χ3v) is 5.90. The van der Waals surface area contributed by atoms with Gasteiger partial charge in [-0.25, -0.2) is 13.2 Å². The van der Waals surface area contributed by atoms with E-state index in [1.54, 1.807) is 12.1 Å². The number of anilines is 1. The van der Waals surface area contributed by atoms with Gasteiger partial charge in [-0.2, -0.15) is 0 Å². The molecular weight excluding hydrogens is 367 g/mol. The van der Waals surface area contributed by atoms with E-state index < -0.39 is 23.1 Å². The maximum atomic E-state index is 14.0. The Morgan fingerprint density at radius 1 is 1.11 bits per heavy atom. The highest BCUT2D eigenvalue weighted by atomic mass is 19.1. The van der Waals surface area contributed by atoms with Crippen LogP contribution >= 0.6 is 0 Å². The fraction of sp³-hybridized carbons (Fsp3) is 0.429. The summed E-state index contributed by atoms with van der Waals surface area (Å²) in [4.78, 5) is 20.0. The zero-order chi connectivity index (χ0) is 20.1. The molecule has 0 bridgehead atoms. The molecule has 0 radical (unpaired) electrons. The molecule has 1 aromatic carbocycles. The predicted molar refractivity (Wildman–Crippen MR) is 99.5 cm³/mol. The number of amides is 1. The van der Waals surface area contributed by atoms with Crippen molar-refractivity contribution in [3.8, 4) is 0 Å². The van der Waals surface area contributed by atoms with Crippen molar-refractivity contribution in [3.05, 3.63) is 59.7 Å². The van der Waals surface area contributed by atoms with Gasteiger partial charge in [0.05, 0.1) is 12.4 Å². The normalized spacial score (nSPS) is 23.6. The molecular formula is C21H22F3N3O. The van der Waals surface area contributed by atoms with Crippen LogP contribution in [0.3, 0.4) is 0 Å². The first kappa shape index (κ1) is 18.8. The summed E-state index contributed by atoms with van der Waals surface area (Å²) in [7, 11) is 0. The minimum Gasteiger partial charge on any atom is -0.363 e. The topological polar surface area (TPSA) is 36.4 Å². The van der Waals surface area contributed by atoms with Crippen LogP contribution in [0, 0.1) is 23.4 Å². The largest absolute Gasteiger partial charge is 0.363 e. The second-order valence-electron chi connectivity index (χ2n) is 8.21. The monoisotopic (exact) mass is 389 g/mol. The smallest absolute Gasteiger partial charge is 0.259 e. The number of rotatable bonds is 2. The van der Waals surface area contributed by atoms with E-state index in [-0.39, 0.29) is 23.3 Å². The number of halogens is 3. The molecule has 2 fully saturated rings. The van der Waals surface area contributed by atoms with Crippen LogP contribution in [0.4, 0.5) is 18.9 Å². The van der Waals surface area contributed by atoms with Crippen molar-refractivity contribution < 1.29 is 18.0 Å². The average molecular weight is 389 g/mol. The van der Waals surface area contributed by atoms with E-state index in [0.717, 1.165) is 24.5 Å². The number of aromatic nitrogens is 1. The van der Waals surface area contributed by atoms with Gasteiger partial charge < -0.3 is 9.80 Å². The van der Waals surface area contributed by atoms with Crippen molar-refractivity contribution in [3.63, 3.8) is 0 Å². The predicted octanol–water partition coefficient (Wildman–Crippen LogP) is 4.02. The van der Waals surface area contributed by atoms with Gasteiger partial charge in [-0.3, -0.25) is 9.78 Å². The minimum absolute atomic E-state index is 0.167. The van der Waals surface area contributed by atoms with Crippen LogP contribution in [0.5, 0.6) is 0 Å². The number of hydrogen-bond acceptors (Lipinski definition) is 3. The molecule has 4 nitrogen and oxygen atoms in total. The molecule has 2 aliphatic rings. The first-order chi connectivity index (χ1) is 13.3. The number of likely N-dealkylation sites (tertiary alicyclic amines) is 1. The van der Waals surface area contributed by atoms with E-state index >= 15 is 0 Å². The molecule has 3 heterocycles. The van der Waals surface area contributed by atoms with Crippen LogP contribution in [0.25, 0.3) is 0 Å². The van der Waals surface area contributed by atoms with Gasteiger partial charge in [0.15, 0.2) is 11.6 Å². The average Bonchev–Trinajstić information content (AvgIpc) is 2.91. The van der Waals surface area contributed by atoms with Crippen molar-refractivity contribution in [1.82, 2.24) is 9.88 Å². The number of nitrogens with zero attached hydrogens (tertiary/aromatic N) is 3. The van der Waals surface area contributed by atoms with Gasteiger partial charge in [0, 0.05) is 30.4 Å². The quantitative estimate of drug-likeness (QED) is 0.779. The Kier molecular flexibility index (Phi) is 4.56. The summed E-state index contributed by atoms with van der Waals surface area (Å²) < 4.78 is 41.3. The highest BCUT2D eigenvalue weighted by Crippen LogP contribution is 2.44. The molecule has 0 unspecified atom stereocenters. The number of hydrogen-bond donors (Lipinski definition) is 0. The van der Waals surface area contributed by atoms with Crippen LogP contribution in [-0.2, 0) is 0 Å². The summed E-state index contributed by atoms with van der Waals surface area (Å²) in [5.41, 5.74) is 0.241. The maximum Gasteiger partial charge on any atom is 0.259 e. The molecule has 2 atom stereocenters. The third-order valence-electron chi connectivity index (χ3n) is 5.90. The lowest BCUT2D eigenvalue weighted by atomic mass is 9.89. The maximum absolute atomic E-state index is 14.0. The molecule has 0 saturated carbocycles. The molecule has 7 heteroatoms. The Labute approximate surface area is 162 Å². The summed E-state index contributed by atoms with van der Waals surface area (Å²) in [6.45, 7) is 5.10. The van der Waals surface area contributed by atoms with E-state index in [9.17, 15) is 18.0 Å². The zero-order valence-electron chi connectivity index (χ0n) is 15.8. The molecule has 1 aromatic heterocycles. The van der Waals surface area contributed by atoms with Gasteiger partial charge in [-0.15, -0.1) is 0 Å². The molecule has 28 heavy (non-hydrogen) atoms. The fourth-order valence-corrected chi connectivity index (χ4v) is 4.85. The lowest BCUT2D eigenvalue weighted by molar-refractivity contribution is 0.0657. The molecule has 0 spiro atoms. The number of benzene rings is 1. The van der Waals surface area contributed by atoms with Crippen molar-refractivity contribution in [2.75, 3.05) is 18.0 Å². The SMILES string of the molecule is CC1(C)C[C@@H]2CN(C(=O)c3c(F)cncc3F)CC[C@@H]2N1c1ccc(F)cc1. The fourth-order valence-electron chi connectivity index (χ4n) is 4.85. The van der Waals surface area contributed by atoms with E-state index in [4.69, 9.17) is 0 Å². The van der Waals surface area contributed by atoms with Crippen molar-refractivity contribution in [1.29, 1.82) is 0 Å². The van der Waals surface area contributed by atoms with Gasteiger partial charge >= 0.3 is 0 Å². The molecule has 2 saturated heterocycles. The first-order valence-corrected chi connectivity index (χ1v) is 9.41. The number of carbonyl (C=O) groups excluding carboxylic acids is 1. The van der Waals surface area contributed by atoms with Crippen LogP contribution in [0.2, 0.25) is 0 Å². The van der Waals surface area contributed by atoms with E-state index in [1.807, 2.05) is 0 Å². The summed E-state index contributed by atoms with van der Waals surface area (Å²) in [6, 6.07) is 6.65. The van der Waals surface area contributed by atoms with Gasteiger partial charge in [-0.05, 0) is 56.9 Å². The second-order valence-corrected chi connectivity index (χ2v) is 8.21. The zero-order valence-corrected chi connectivity index (χ0v) is 15.8.